The lowest BCUT2D eigenvalue weighted by molar-refractivity contribution is -0.131. The van der Waals surface area contributed by atoms with Gasteiger partial charge in [-0.05, 0) is 37.5 Å². The number of carbonyl (C=O) groups is 1. The number of aromatic nitrogens is 1. The van der Waals surface area contributed by atoms with Gasteiger partial charge in [-0.1, -0.05) is 29.8 Å². The van der Waals surface area contributed by atoms with Crippen molar-refractivity contribution in [2.24, 2.45) is 0 Å². The summed E-state index contributed by atoms with van der Waals surface area (Å²) >= 11 is 0. The summed E-state index contributed by atoms with van der Waals surface area (Å²) in [6.07, 6.45) is 2.34. The number of rotatable bonds is 6. The molecule has 0 bridgehead atoms. The molecule has 140 valence electrons. The molecular formula is C18H22N2O5S. The number of pyridine rings is 1. The minimum absolute atomic E-state index is 0.0179. The van der Waals surface area contributed by atoms with Crippen molar-refractivity contribution < 1.29 is 18.4 Å². The molecule has 2 aromatic rings. The number of sulfone groups is 1. The van der Waals surface area contributed by atoms with Crippen LogP contribution in [0.3, 0.4) is 0 Å². The highest BCUT2D eigenvalue weighted by molar-refractivity contribution is 7.92. The molecule has 0 aliphatic carbocycles. The number of hydrogen-bond acceptors (Lipinski definition) is 5. The molecular weight excluding hydrogens is 356 g/mol. The van der Waals surface area contributed by atoms with Crippen LogP contribution in [-0.2, 0) is 21.2 Å². The quantitative estimate of drug-likeness (QED) is 0.586. The number of benzene rings is 1. The molecule has 0 spiro atoms. The van der Waals surface area contributed by atoms with Gasteiger partial charge in [-0.15, -0.1) is 0 Å². The summed E-state index contributed by atoms with van der Waals surface area (Å²) in [5.74, 6) is -1.02. The first-order valence-electron chi connectivity index (χ1n) is 8.00. The molecule has 0 fully saturated rings. The third-order valence-corrected chi connectivity index (χ3v) is 6.64. The zero-order valence-corrected chi connectivity index (χ0v) is 15.7. The first kappa shape index (κ1) is 19.9. The summed E-state index contributed by atoms with van der Waals surface area (Å²) < 4.78 is 23.4. The van der Waals surface area contributed by atoms with Gasteiger partial charge in [-0.2, -0.15) is 0 Å². The summed E-state index contributed by atoms with van der Waals surface area (Å²) in [5, 5.41) is 8.83. The Morgan fingerprint density at radius 3 is 2.31 bits per heavy atom. The second-order valence-electron chi connectivity index (χ2n) is 6.51. The smallest absolute Gasteiger partial charge is 0.264 e. The Kier molecular flexibility index (Phi) is 5.68. The van der Waals surface area contributed by atoms with Crippen molar-refractivity contribution in [3.63, 3.8) is 0 Å². The number of carbonyl (C=O) groups excluding carboxylic acids is 1. The Bertz CT molecular complexity index is 964. The molecule has 0 aliphatic rings. The van der Waals surface area contributed by atoms with Gasteiger partial charge in [0.15, 0.2) is 14.6 Å². The van der Waals surface area contributed by atoms with Gasteiger partial charge < -0.3 is 4.57 Å². The molecule has 0 aliphatic heterocycles. The summed E-state index contributed by atoms with van der Waals surface area (Å²) in [5.41, 5.74) is 3.86. The first-order valence-corrected chi connectivity index (χ1v) is 9.89. The molecule has 1 heterocycles. The normalized spacial score (nSPS) is 13.8. The van der Waals surface area contributed by atoms with Crippen LogP contribution >= 0.6 is 0 Å². The number of nitrogens with one attached hydrogen (secondary N) is 1. The van der Waals surface area contributed by atoms with Crippen LogP contribution in [0.15, 0.2) is 47.4 Å². The first-order chi connectivity index (χ1) is 12.1. The summed E-state index contributed by atoms with van der Waals surface area (Å²) in [6, 6.07) is 11.0. The summed E-state index contributed by atoms with van der Waals surface area (Å²) in [4.78, 5) is 24.2. The molecule has 0 saturated heterocycles. The Morgan fingerprint density at radius 1 is 1.19 bits per heavy atom. The van der Waals surface area contributed by atoms with Crippen molar-refractivity contribution in [3.05, 3.63) is 58.5 Å². The Morgan fingerprint density at radius 2 is 1.81 bits per heavy atom. The minimum Gasteiger partial charge on any atom is -0.315 e. The molecule has 1 unspecified atom stereocenters. The van der Waals surface area contributed by atoms with Crippen molar-refractivity contribution in [1.82, 2.24) is 10.0 Å². The molecule has 7 nitrogen and oxygen atoms in total. The minimum atomic E-state index is -3.80. The SMILES string of the molecule is Cc1ccc(-c2ccn(CCC(C)(C(=O)NO)S(C)(=O)=O)c(=O)c2)cc1. The van der Waals surface area contributed by atoms with E-state index in [4.69, 9.17) is 5.21 Å². The second-order valence-corrected chi connectivity index (χ2v) is 8.95. The van der Waals surface area contributed by atoms with E-state index >= 15 is 0 Å². The maximum absolute atomic E-state index is 12.3. The van der Waals surface area contributed by atoms with Crippen LogP contribution in [0.25, 0.3) is 11.1 Å². The van der Waals surface area contributed by atoms with Crippen LogP contribution in [0.2, 0.25) is 0 Å². The van der Waals surface area contributed by atoms with Gasteiger partial charge in [-0.3, -0.25) is 14.8 Å². The van der Waals surface area contributed by atoms with Crippen molar-refractivity contribution in [3.8, 4) is 11.1 Å². The molecule has 26 heavy (non-hydrogen) atoms. The summed E-state index contributed by atoms with van der Waals surface area (Å²) in [6.45, 7) is 3.21. The van der Waals surface area contributed by atoms with E-state index in [0.717, 1.165) is 22.9 Å². The standard InChI is InChI=1S/C18H22N2O5S/c1-13-4-6-14(7-5-13)15-8-10-20(16(21)12-15)11-9-18(2,17(22)19-23)26(3,24)25/h4-8,10,12,23H,9,11H2,1-3H3,(H,19,22). The van der Waals surface area contributed by atoms with E-state index in [2.05, 4.69) is 0 Å². The molecule has 1 amide bonds. The zero-order chi connectivity index (χ0) is 19.5. The summed E-state index contributed by atoms with van der Waals surface area (Å²) in [7, 11) is -3.80. The molecule has 1 aromatic heterocycles. The van der Waals surface area contributed by atoms with Crippen LogP contribution in [0.1, 0.15) is 18.9 Å². The molecule has 0 radical (unpaired) electrons. The van der Waals surface area contributed by atoms with Crippen LogP contribution in [-0.4, -0.2) is 35.1 Å². The van der Waals surface area contributed by atoms with E-state index in [9.17, 15) is 18.0 Å². The van der Waals surface area contributed by atoms with Crippen LogP contribution < -0.4 is 11.0 Å². The number of amides is 1. The van der Waals surface area contributed by atoms with Crippen LogP contribution in [0.4, 0.5) is 0 Å². The fourth-order valence-electron chi connectivity index (χ4n) is 2.54. The third-order valence-electron chi connectivity index (χ3n) is 4.61. The molecule has 0 saturated carbocycles. The topological polar surface area (TPSA) is 105 Å². The zero-order valence-electron chi connectivity index (χ0n) is 14.9. The van der Waals surface area contributed by atoms with Crippen molar-refractivity contribution in [2.45, 2.75) is 31.6 Å². The van der Waals surface area contributed by atoms with E-state index < -0.39 is 20.5 Å². The fourth-order valence-corrected chi connectivity index (χ4v) is 3.38. The van der Waals surface area contributed by atoms with Gasteiger partial charge in [0.1, 0.15) is 0 Å². The van der Waals surface area contributed by atoms with E-state index in [1.165, 1.54) is 23.0 Å². The fraction of sp³-hybridized carbons (Fsp3) is 0.333. The van der Waals surface area contributed by atoms with E-state index in [0.29, 0.717) is 0 Å². The van der Waals surface area contributed by atoms with E-state index in [-0.39, 0.29) is 18.5 Å². The highest BCUT2D eigenvalue weighted by atomic mass is 32.2. The van der Waals surface area contributed by atoms with Crippen LogP contribution in [0.5, 0.6) is 0 Å². The van der Waals surface area contributed by atoms with Gasteiger partial charge in [0, 0.05) is 25.1 Å². The number of aryl methyl sites for hydroxylation is 2. The lowest BCUT2D eigenvalue weighted by atomic mass is 10.0. The maximum Gasteiger partial charge on any atom is 0.264 e. The van der Waals surface area contributed by atoms with Gasteiger partial charge in [0.25, 0.3) is 11.5 Å². The highest BCUT2D eigenvalue weighted by Gasteiger charge is 2.43. The number of hydrogen-bond donors (Lipinski definition) is 2. The Labute approximate surface area is 152 Å². The van der Waals surface area contributed by atoms with Crippen molar-refractivity contribution in [2.75, 3.05) is 6.26 Å². The third kappa shape index (κ3) is 4.03. The monoisotopic (exact) mass is 378 g/mol. The largest absolute Gasteiger partial charge is 0.315 e. The lowest BCUT2D eigenvalue weighted by Gasteiger charge is -2.25. The van der Waals surface area contributed by atoms with Crippen LogP contribution in [0, 0.1) is 6.92 Å². The molecule has 2 rings (SSSR count). The van der Waals surface area contributed by atoms with Crippen molar-refractivity contribution in [1.29, 1.82) is 0 Å². The molecule has 2 N–H and O–H groups in total. The average Bonchev–Trinajstić information content (AvgIpc) is 2.59. The Hall–Kier alpha value is -2.45. The molecule has 1 aromatic carbocycles. The van der Waals surface area contributed by atoms with E-state index in [1.54, 1.807) is 12.3 Å². The van der Waals surface area contributed by atoms with Crippen molar-refractivity contribution >= 4 is 15.7 Å². The van der Waals surface area contributed by atoms with Gasteiger partial charge in [-0.25, -0.2) is 13.9 Å². The lowest BCUT2D eigenvalue weighted by Crippen LogP contribution is -2.49. The Balaban J connectivity index is 2.26. The van der Waals surface area contributed by atoms with Gasteiger partial charge in [0.05, 0.1) is 0 Å². The van der Waals surface area contributed by atoms with E-state index in [1.807, 2.05) is 31.2 Å². The van der Waals surface area contributed by atoms with Gasteiger partial charge >= 0.3 is 0 Å². The molecule has 8 heteroatoms. The predicted octanol–water partition coefficient (Wildman–Crippen LogP) is 1.52. The second kappa shape index (κ2) is 7.43. The predicted molar refractivity (Wildman–Crippen MR) is 98.7 cm³/mol. The maximum atomic E-state index is 12.3. The van der Waals surface area contributed by atoms with Gasteiger partial charge in [0.2, 0.25) is 0 Å². The highest BCUT2D eigenvalue weighted by Crippen LogP contribution is 2.22. The average molecular weight is 378 g/mol. The number of nitrogens with zero attached hydrogens (tertiary/aromatic N) is 1. The number of hydroxylamine groups is 1. The molecule has 1 atom stereocenters.